The third-order valence-corrected chi connectivity index (χ3v) is 3.85. The van der Waals surface area contributed by atoms with Crippen molar-refractivity contribution in [2.45, 2.75) is 26.0 Å². The summed E-state index contributed by atoms with van der Waals surface area (Å²) in [5, 5.41) is 0. The fraction of sp³-hybridized carbons (Fsp3) is 0.462. The Morgan fingerprint density at radius 2 is 2.22 bits per heavy atom. The molecule has 1 aromatic carbocycles. The SMILES string of the molecule is CC1CN(c2ccc(Br)cc2C(N)=S)C(C)CO1. The molecule has 0 aliphatic carbocycles. The van der Waals surface area contributed by atoms with Gasteiger partial charge < -0.3 is 15.4 Å². The molecule has 0 radical (unpaired) electrons. The number of rotatable bonds is 2. The second kappa shape index (κ2) is 5.55. The van der Waals surface area contributed by atoms with E-state index in [1.54, 1.807) is 0 Å². The first-order valence-electron chi connectivity index (χ1n) is 5.96. The molecule has 2 unspecified atom stereocenters. The van der Waals surface area contributed by atoms with Gasteiger partial charge in [0.25, 0.3) is 0 Å². The zero-order chi connectivity index (χ0) is 13.3. The number of nitrogens with zero attached hydrogens (tertiary/aromatic N) is 1. The van der Waals surface area contributed by atoms with Gasteiger partial charge in [-0.05, 0) is 32.0 Å². The molecule has 1 aromatic rings. The fourth-order valence-electron chi connectivity index (χ4n) is 2.19. The van der Waals surface area contributed by atoms with E-state index >= 15 is 0 Å². The number of morpholine rings is 1. The zero-order valence-corrected chi connectivity index (χ0v) is 12.9. The lowest BCUT2D eigenvalue weighted by molar-refractivity contribution is 0.0344. The highest BCUT2D eigenvalue weighted by molar-refractivity contribution is 9.10. The fourth-order valence-corrected chi connectivity index (χ4v) is 2.72. The summed E-state index contributed by atoms with van der Waals surface area (Å²) < 4.78 is 6.64. The molecule has 18 heavy (non-hydrogen) atoms. The Balaban J connectivity index is 2.40. The van der Waals surface area contributed by atoms with Crippen LogP contribution in [0.15, 0.2) is 22.7 Å². The molecular formula is C13H17BrN2OS. The van der Waals surface area contributed by atoms with Crippen molar-refractivity contribution in [3.63, 3.8) is 0 Å². The topological polar surface area (TPSA) is 38.5 Å². The van der Waals surface area contributed by atoms with E-state index in [1.807, 2.05) is 12.1 Å². The molecule has 5 heteroatoms. The summed E-state index contributed by atoms with van der Waals surface area (Å²) in [6.07, 6.45) is 0.226. The quantitative estimate of drug-likeness (QED) is 0.847. The largest absolute Gasteiger partial charge is 0.389 e. The second-order valence-corrected chi connectivity index (χ2v) is 6.03. The predicted octanol–water partition coefficient (Wildman–Crippen LogP) is 2.70. The number of thiocarbonyl (C=S) groups is 1. The summed E-state index contributed by atoms with van der Waals surface area (Å²) in [6, 6.07) is 6.39. The molecule has 98 valence electrons. The van der Waals surface area contributed by atoms with Crippen molar-refractivity contribution in [3.8, 4) is 0 Å². The number of hydrogen-bond donors (Lipinski definition) is 1. The molecule has 1 fully saturated rings. The minimum atomic E-state index is 0.226. The highest BCUT2D eigenvalue weighted by Crippen LogP contribution is 2.28. The number of benzene rings is 1. The molecule has 0 bridgehead atoms. The maximum Gasteiger partial charge on any atom is 0.106 e. The van der Waals surface area contributed by atoms with Gasteiger partial charge in [-0.15, -0.1) is 0 Å². The standard InChI is InChI=1S/C13H17BrN2OS/c1-8-7-17-9(2)6-16(8)12-4-3-10(14)5-11(12)13(15)18/h3-5,8-9H,6-7H2,1-2H3,(H2,15,18). The van der Waals surface area contributed by atoms with E-state index in [0.717, 1.165) is 28.9 Å². The average Bonchev–Trinajstić information content (AvgIpc) is 2.32. The summed E-state index contributed by atoms with van der Waals surface area (Å²) in [4.78, 5) is 2.74. The van der Waals surface area contributed by atoms with Crippen LogP contribution >= 0.6 is 28.1 Å². The Morgan fingerprint density at radius 1 is 1.50 bits per heavy atom. The third kappa shape index (κ3) is 2.84. The number of halogens is 1. The van der Waals surface area contributed by atoms with Gasteiger partial charge in [-0.25, -0.2) is 0 Å². The van der Waals surface area contributed by atoms with E-state index in [0.29, 0.717) is 11.0 Å². The molecule has 0 saturated carbocycles. The van der Waals surface area contributed by atoms with Gasteiger partial charge in [-0.1, -0.05) is 28.1 Å². The van der Waals surface area contributed by atoms with Gasteiger partial charge in [0.1, 0.15) is 4.99 Å². The molecule has 1 aliphatic heterocycles. The predicted molar refractivity (Wildman–Crippen MR) is 82.3 cm³/mol. The highest BCUT2D eigenvalue weighted by atomic mass is 79.9. The van der Waals surface area contributed by atoms with Crippen molar-refractivity contribution in [2.75, 3.05) is 18.1 Å². The monoisotopic (exact) mass is 328 g/mol. The van der Waals surface area contributed by atoms with Gasteiger partial charge >= 0.3 is 0 Å². The smallest absolute Gasteiger partial charge is 0.106 e. The first-order valence-corrected chi connectivity index (χ1v) is 7.16. The van der Waals surface area contributed by atoms with Gasteiger partial charge in [0.2, 0.25) is 0 Å². The van der Waals surface area contributed by atoms with Crippen LogP contribution < -0.4 is 10.6 Å². The van der Waals surface area contributed by atoms with Crippen molar-refractivity contribution in [1.29, 1.82) is 0 Å². The van der Waals surface area contributed by atoms with Crippen LogP contribution in [0, 0.1) is 0 Å². The first-order chi connectivity index (χ1) is 8.49. The summed E-state index contributed by atoms with van der Waals surface area (Å²) in [7, 11) is 0. The van der Waals surface area contributed by atoms with Crippen molar-refractivity contribution in [2.24, 2.45) is 5.73 Å². The minimum Gasteiger partial charge on any atom is -0.389 e. The molecule has 2 atom stereocenters. The molecule has 0 spiro atoms. The molecule has 0 aromatic heterocycles. The normalized spacial score (nSPS) is 24.1. The molecular weight excluding hydrogens is 312 g/mol. The van der Waals surface area contributed by atoms with E-state index in [9.17, 15) is 0 Å². The van der Waals surface area contributed by atoms with Crippen LogP contribution in [0.1, 0.15) is 19.4 Å². The van der Waals surface area contributed by atoms with E-state index in [2.05, 4.69) is 40.7 Å². The van der Waals surface area contributed by atoms with Crippen molar-refractivity contribution in [3.05, 3.63) is 28.2 Å². The van der Waals surface area contributed by atoms with Crippen LogP contribution in [0.25, 0.3) is 0 Å². The highest BCUT2D eigenvalue weighted by Gasteiger charge is 2.25. The summed E-state index contributed by atoms with van der Waals surface area (Å²) in [5.41, 5.74) is 7.83. The molecule has 0 amide bonds. The van der Waals surface area contributed by atoms with Gasteiger partial charge in [0, 0.05) is 28.3 Å². The number of anilines is 1. The molecule has 1 heterocycles. The van der Waals surface area contributed by atoms with E-state index in [4.69, 9.17) is 22.7 Å². The summed E-state index contributed by atoms with van der Waals surface area (Å²) in [6.45, 7) is 5.82. The van der Waals surface area contributed by atoms with Crippen LogP contribution in [0.3, 0.4) is 0 Å². The molecule has 3 nitrogen and oxygen atoms in total. The maximum absolute atomic E-state index is 5.82. The number of ether oxygens (including phenoxy) is 1. The Hall–Kier alpha value is -0.650. The van der Waals surface area contributed by atoms with Gasteiger partial charge in [-0.2, -0.15) is 0 Å². The lowest BCUT2D eigenvalue weighted by atomic mass is 10.1. The third-order valence-electron chi connectivity index (χ3n) is 3.14. The van der Waals surface area contributed by atoms with Crippen molar-refractivity contribution < 1.29 is 4.74 Å². The second-order valence-electron chi connectivity index (χ2n) is 4.67. The lowest BCUT2D eigenvalue weighted by Crippen LogP contribution is -2.48. The Bertz CT molecular complexity index is 466. The zero-order valence-electron chi connectivity index (χ0n) is 10.5. The van der Waals surface area contributed by atoms with Crippen molar-refractivity contribution >= 4 is 38.8 Å². The van der Waals surface area contributed by atoms with Crippen LogP contribution in [0.5, 0.6) is 0 Å². The molecule has 1 aliphatic rings. The number of nitrogens with two attached hydrogens (primary N) is 1. The lowest BCUT2D eigenvalue weighted by Gasteiger charge is -2.39. The number of hydrogen-bond acceptors (Lipinski definition) is 3. The van der Waals surface area contributed by atoms with Crippen LogP contribution in [0.4, 0.5) is 5.69 Å². The van der Waals surface area contributed by atoms with Gasteiger partial charge in [0.15, 0.2) is 0 Å². The Kier molecular flexibility index (Phi) is 4.25. The van der Waals surface area contributed by atoms with Crippen LogP contribution in [-0.2, 0) is 4.74 Å². The Labute approximate surface area is 121 Å². The molecule has 2 N–H and O–H groups in total. The van der Waals surface area contributed by atoms with Gasteiger partial charge in [-0.3, -0.25) is 0 Å². The minimum absolute atomic E-state index is 0.226. The van der Waals surface area contributed by atoms with E-state index < -0.39 is 0 Å². The Morgan fingerprint density at radius 3 is 2.89 bits per heavy atom. The summed E-state index contributed by atoms with van der Waals surface area (Å²) in [5.74, 6) is 0. The first kappa shape index (κ1) is 13.8. The molecule has 1 saturated heterocycles. The van der Waals surface area contributed by atoms with Crippen LogP contribution in [-0.4, -0.2) is 30.3 Å². The van der Waals surface area contributed by atoms with Crippen LogP contribution in [0.2, 0.25) is 0 Å². The van der Waals surface area contributed by atoms with E-state index in [1.165, 1.54) is 0 Å². The molecule has 2 rings (SSSR count). The maximum atomic E-state index is 5.82. The van der Waals surface area contributed by atoms with E-state index in [-0.39, 0.29) is 6.10 Å². The van der Waals surface area contributed by atoms with Gasteiger partial charge in [0.05, 0.1) is 12.7 Å². The van der Waals surface area contributed by atoms with Crippen molar-refractivity contribution in [1.82, 2.24) is 0 Å². The summed E-state index contributed by atoms with van der Waals surface area (Å²) >= 11 is 8.60. The average molecular weight is 329 g/mol.